The molecule has 8 heteroatoms. The molecule has 1 saturated heterocycles. The number of piperazine rings is 1. The molecular formula is C25H29ClN4O3. The molecule has 1 aliphatic rings. The Hall–Kier alpha value is -3.19. The van der Waals surface area contributed by atoms with Crippen LogP contribution < -0.4 is 4.74 Å². The van der Waals surface area contributed by atoms with Gasteiger partial charge < -0.3 is 14.5 Å². The number of carbonyl (C=O) groups excluding carboxylic acids is 2. The molecule has 1 aromatic heterocycles. The second-order valence-corrected chi connectivity index (χ2v) is 8.03. The summed E-state index contributed by atoms with van der Waals surface area (Å²) in [5.41, 5.74) is 2.84. The molecule has 0 radical (unpaired) electrons. The van der Waals surface area contributed by atoms with E-state index in [-0.39, 0.29) is 11.8 Å². The van der Waals surface area contributed by atoms with Crippen molar-refractivity contribution in [1.82, 2.24) is 14.8 Å². The number of halogens is 1. The molecule has 1 aliphatic heterocycles. The van der Waals surface area contributed by atoms with E-state index in [2.05, 4.69) is 9.98 Å². The molecule has 1 fully saturated rings. The summed E-state index contributed by atoms with van der Waals surface area (Å²) in [5, 5.41) is 0.666. The van der Waals surface area contributed by atoms with Crippen LogP contribution in [-0.2, 0) is 4.79 Å². The van der Waals surface area contributed by atoms with E-state index in [4.69, 9.17) is 16.3 Å². The molecule has 0 bridgehead atoms. The van der Waals surface area contributed by atoms with Gasteiger partial charge in [0.2, 0.25) is 5.88 Å². The zero-order chi connectivity index (χ0) is 23.8. The van der Waals surface area contributed by atoms with Crippen LogP contribution in [0.1, 0.15) is 42.7 Å². The first kappa shape index (κ1) is 24.5. The zero-order valence-electron chi connectivity index (χ0n) is 19.3. The third-order valence-corrected chi connectivity index (χ3v) is 5.78. The third kappa shape index (κ3) is 6.20. The maximum absolute atomic E-state index is 13.1. The number of aliphatic imine (C=N–C) groups is 1. The second-order valence-electron chi connectivity index (χ2n) is 7.60. The molecule has 7 nitrogen and oxygen atoms in total. The Morgan fingerprint density at radius 1 is 1.06 bits per heavy atom. The van der Waals surface area contributed by atoms with Crippen LogP contribution in [0.4, 0.5) is 0 Å². The second kappa shape index (κ2) is 11.6. The molecule has 0 spiro atoms. The highest BCUT2D eigenvalue weighted by Gasteiger charge is 2.27. The van der Waals surface area contributed by atoms with Crippen molar-refractivity contribution >= 4 is 34.7 Å². The number of aromatic nitrogens is 1. The van der Waals surface area contributed by atoms with Gasteiger partial charge in [0, 0.05) is 43.5 Å². The number of ether oxygens (including phenoxy) is 1. The molecule has 0 unspecified atom stereocenters. The number of benzene rings is 1. The number of amides is 2. The Bertz CT molecular complexity index is 1060. The predicted molar refractivity (Wildman–Crippen MR) is 131 cm³/mol. The van der Waals surface area contributed by atoms with Crippen LogP contribution in [0.5, 0.6) is 5.88 Å². The van der Waals surface area contributed by atoms with Gasteiger partial charge in [-0.05, 0) is 42.2 Å². The maximum atomic E-state index is 13.1. The largest absolute Gasteiger partial charge is 0.481 e. The summed E-state index contributed by atoms with van der Waals surface area (Å²) < 4.78 is 5.10. The third-order valence-electron chi connectivity index (χ3n) is 5.54. The summed E-state index contributed by atoms with van der Waals surface area (Å²) in [5.74, 6) is 0.139. The van der Waals surface area contributed by atoms with E-state index >= 15 is 0 Å². The molecule has 0 saturated carbocycles. The molecule has 0 N–H and O–H groups in total. The van der Waals surface area contributed by atoms with Gasteiger partial charge in [0.25, 0.3) is 11.8 Å². The van der Waals surface area contributed by atoms with Gasteiger partial charge in [-0.25, -0.2) is 4.98 Å². The molecule has 33 heavy (non-hydrogen) atoms. The number of rotatable bonds is 7. The van der Waals surface area contributed by atoms with Crippen molar-refractivity contribution in [3.63, 3.8) is 0 Å². The minimum absolute atomic E-state index is 0.0955. The van der Waals surface area contributed by atoms with Crippen LogP contribution in [-0.4, -0.2) is 65.6 Å². The lowest BCUT2D eigenvalue weighted by molar-refractivity contribution is -0.125. The van der Waals surface area contributed by atoms with E-state index in [0.29, 0.717) is 54.9 Å². The van der Waals surface area contributed by atoms with Gasteiger partial charge >= 0.3 is 0 Å². The molecule has 2 amide bonds. The molecule has 1 aromatic carbocycles. The van der Waals surface area contributed by atoms with E-state index in [1.54, 1.807) is 34.2 Å². The number of nitrogens with zero attached hydrogens (tertiary/aromatic N) is 4. The van der Waals surface area contributed by atoms with Crippen molar-refractivity contribution in [2.24, 2.45) is 4.99 Å². The van der Waals surface area contributed by atoms with Crippen molar-refractivity contribution in [3.05, 3.63) is 64.9 Å². The molecule has 3 rings (SSSR count). The number of carbonyl (C=O) groups is 2. The highest BCUT2D eigenvalue weighted by molar-refractivity contribution is 6.39. The number of hydrogen-bond donors (Lipinski definition) is 0. The average Bonchev–Trinajstić information content (AvgIpc) is 2.86. The Morgan fingerprint density at radius 3 is 2.39 bits per heavy atom. The van der Waals surface area contributed by atoms with Crippen LogP contribution in [0, 0.1) is 0 Å². The first-order chi connectivity index (χ1) is 16.0. The van der Waals surface area contributed by atoms with Gasteiger partial charge in [-0.3, -0.25) is 14.6 Å². The van der Waals surface area contributed by atoms with E-state index in [1.807, 2.05) is 38.1 Å². The lowest BCUT2D eigenvalue weighted by atomic mass is 10.1. The molecular weight excluding hydrogens is 440 g/mol. The SMILES string of the molecule is CCC(=N/C=C(\CC)c1cccc(Cl)c1)C(=O)N1CCN(C(=O)c2cccc(OC)n2)CC1. The fourth-order valence-corrected chi connectivity index (χ4v) is 3.81. The van der Waals surface area contributed by atoms with E-state index in [1.165, 1.54) is 7.11 Å². The van der Waals surface area contributed by atoms with Gasteiger partial charge in [-0.2, -0.15) is 0 Å². The fourth-order valence-electron chi connectivity index (χ4n) is 3.62. The summed E-state index contributed by atoms with van der Waals surface area (Å²) in [7, 11) is 1.52. The van der Waals surface area contributed by atoms with Crippen molar-refractivity contribution in [3.8, 4) is 5.88 Å². The maximum Gasteiger partial charge on any atom is 0.272 e. The van der Waals surface area contributed by atoms with Crippen LogP contribution in [0.25, 0.3) is 5.57 Å². The summed E-state index contributed by atoms with van der Waals surface area (Å²) in [6, 6.07) is 12.7. The molecule has 2 heterocycles. The Labute approximate surface area is 199 Å². The number of allylic oxidation sites excluding steroid dienone is 1. The van der Waals surface area contributed by atoms with Crippen LogP contribution in [0.15, 0.2) is 53.7 Å². The Balaban J connectivity index is 1.66. The van der Waals surface area contributed by atoms with E-state index in [9.17, 15) is 9.59 Å². The van der Waals surface area contributed by atoms with Gasteiger partial charge in [0.1, 0.15) is 11.4 Å². The summed E-state index contributed by atoms with van der Waals surface area (Å²) in [6.45, 7) is 5.75. The van der Waals surface area contributed by atoms with Crippen molar-refractivity contribution < 1.29 is 14.3 Å². The van der Waals surface area contributed by atoms with Crippen molar-refractivity contribution in [2.75, 3.05) is 33.3 Å². The molecule has 174 valence electrons. The monoisotopic (exact) mass is 468 g/mol. The first-order valence-corrected chi connectivity index (χ1v) is 11.5. The lowest BCUT2D eigenvalue weighted by Crippen LogP contribution is -2.52. The minimum Gasteiger partial charge on any atom is -0.481 e. The van der Waals surface area contributed by atoms with Gasteiger partial charge in [0.15, 0.2) is 0 Å². The first-order valence-electron chi connectivity index (χ1n) is 11.1. The summed E-state index contributed by atoms with van der Waals surface area (Å²) in [4.78, 5) is 38.0. The van der Waals surface area contributed by atoms with E-state index in [0.717, 1.165) is 17.6 Å². The smallest absolute Gasteiger partial charge is 0.272 e. The number of hydrogen-bond acceptors (Lipinski definition) is 5. The molecule has 0 aliphatic carbocycles. The molecule has 0 atom stereocenters. The molecule has 2 aromatic rings. The van der Waals surface area contributed by atoms with Crippen molar-refractivity contribution in [1.29, 1.82) is 0 Å². The lowest BCUT2D eigenvalue weighted by Gasteiger charge is -2.34. The predicted octanol–water partition coefficient (Wildman–Crippen LogP) is 4.33. The number of pyridine rings is 1. The summed E-state index contributed by atoms with van der Waals surface area (Å²) in [6.07, 6.45) is 3.06. The van der Waals surface area contributed by atoms with Crippen molar-refractivity contribution in [2.45, 2.75) is 26.7 Å². The van der Waals surface area contributed by atoms with E-state index < -0.39 is 0 Å². The number of methoxy groups -OCH3 is 1. The quantitative estimate of drug-likeness (QED) is 0.567. The highest BCUT2D eigenvalue weighted by atomic mass is 35.5. The van der Waals surface area contributed by atoms with Gasteiger partial charge in [-0.1, -0.05) is 43.6 Å². The standard InChI is InChI=1S/C25H29ClN4O3/c1-4-18(19-8-6-9-20(26)16-19)17-27-21(5-2)24(31)29-12-14-30(15-13-29)25(32)22-10-7-11-23(28-22)33-3/h6-11,16-17H,4-5,12-15H2,1-3H3/b18-17+,27-21?. The Kier molecular flexibility index (Phi) is 8.60. The fraction of sp³-hybridized carbons (Fsp3) is 0.360. The summed E-state index contributed by atoms with van der Waals surface area (Å²) >= 11 is 6.11. The van der Waals surface area contributed by atoms with Crippen LogP contribution in [0.3, 0.4) is 0 Å². The topological polar surface area (TPSA) is 75.1 Å². The highest BCUT2D eigenvalue weighted by Crippen LogP contribution is 2.21. The normalized spacial score (nSPS) is 14.9. The van der Waals surface area contributed by atoms with Gasteiger partial charge in [-0.15, -0.1) is 0 Å². The minimum atomic E-state index is -0.164. The van der Waals surface area contributed by atoms with Crippen LogP contribution >= 0.6 is 11.6 Å². The zero-order valence-corrected chi connectivity index (χ0v) is 20.0. The average molecular weight is 469 g/mol. The van der Waals surface area contributed by atoms with Gasteiger partial charge in [0.05, 0.1) is 7.11 Å². The van der Waals surface area contributed by atoms with Crippen LogP contribution in [0.2, 0.25) is 5.02 Å². The Morgan fingerprint density at radius 2 is 1.76 bits per heavy atom.